The molecule has 2 N–H and O–H groups in total. The number of carbonyl (C=O) groups excluding carboxylic acids is 1. The summed E-state index contributed by atoms with van der Waals surface area (Å²) in [6.07, 6.45) is 1.83. The van der Waals surface area contributed by atoms with Crippen molar-refractivity contribution in [3.05, 3.63) is 69.5 Å². The summed E-state index contributed by atoms with van der Waals surface area (Å²) < 4.78 is 0.986. The predicted octanol–water partition coefficient (Wildman–Crippen LogP) is 4.41. The number of amides is 1. The molecule has 0 aromatic heterocycles. The maximum absolute atomic E-state index is 12.0. The largest absolute Gasteiger partial charge is 0.331 e. The highest BCUT2D eigenvalue weighted by Crippen LogP contribution is 2.26. The fraction of sp³-hybridized carbons (Fsp3) is 0. The monoisotopic (exact) mass is 417 g/mol. The highest BCUT2D eigenvalue weighted by atomic mass is 79.9. The smallest absolute Gasteiger partial charge is 0.264 e. The van der Waals surface area contributed by atoms with Gasteiger partial charge in [-0.3, -0.25) is 4.79 Å². The molecule has 0 unspecified atom stereocenters. The molecule has 2 aromatic carbocycles. The third-order valence-electron chi connectivity index (χ3n) is 3.05. The first-order valence-corrected chi connectivity index (χ1v) is 9.03. The van der Waals surface area contributed by atoms with Gasteiger partial charge in [0, 0.05) is 10.2 Å². The second-order valence-corrected chi connectivity index (χ2v) is 7.16. The van der Waals surface area contributed by atoms with E-state index in [1.807, 2.05) is 60.7 Å². The number of nitrogens with zero attached hydrogens (tertiary/aromatic N) is 1. The fourth-order valence-electron chi connectivity index (χ4n) is 1.96. The summed E-state index contributed by atoms with van der Waals surface area (Å²) in [5.41, 5.74) is 1.80. The van der Waals surface area contributed by atoms with Crippen LogP contribution in [0, 0.1) is 0 Å². The number of hydrogen-bond donors (Lipinski definition) is 2. The van der Waals surface area contributed by atoms with Crippen molar-refractivity contribution in [3.8, 4) is 0 Å². The minimum absolute atomic E-state index is 0.172. The van der Waals surface area contributed by atoms with E-state index in [-0.39, 0.29) is 5.91 Å². The van der Waals surface area contributed by atoms with Crippen LogP contribution >= 0.6 is 39.9 Å². The van der Waals surface area contributed by atoms with E-state index in [2.05, 4.69) is 31.6 Å². The Labute approximate surface area is 157 Å². The van der Waals surface area contributed by atoms with Crippen molar-refractivity contribution in [1.29, 1.82) is 0 Å². The zero-order chi connectivity index (χ0) is 16.9. The molecule has 7 heteroatoms. The number of anilines is 1. The van der Waals surface area contributed by atoms with Gasteiger partial charge in [0.2, 0.25) is 0 Å². The molecule has 0 aliphatic carbocycles. The molecule has 1 aliphatic rings. The van der Waals surface area contributed by atoms with Gasteiger partial charge in [-0.2, -0.15) is 4.99 Å². The summed E-state index contributed by atoms with van der Waals surface area (Å²) in [5, 5.41) is 6.50. The first-order valence-electron chi connectivity index (χ1n) is 7.01. The summed E-state index contributed by atoms with van der Waals surface area (Å²) in [7, 11) is 0. The van der Waals surface area contributed by atoms with E-state index in [1.165, 1.54) is 11.8 Å². The van der Waals surface area contributed by atoms with Gasteiger partial charge in [0.05, 0.1) is 4.91 Å². The van der Waals surface area contributed by atoms with E-state index < -0.39 is 0 Å². The van der Waals surface area contributed by atoms with Crippen LogP contribution in [0.2, 0.25) is 0 Å². The van der Waals surface area contributed by atoms with Crippen molar-refractivity contribution in [3.63, 3.8) is 0 Å². The minimum Gasteiger partial charge on any atom is -0.331 e. The van der Waals surface area contributed by atoms with Crippen LogP contribution in [0.15, 0.2) is 69.0 Å². The lowest BCUT2D eigenvalue weighted by Gasteiger charge is -2.04. The number of nitrogens with one attached hydrogen (secondary N) is 2. The van der Waals surface area contributed by atoms with Gasteiger partial charge in [0.25, 0.3) is 5.91 Å². The molecular formula is C17H12BrN3OS2. The van der Waals surface area contributed by atoms with Crippen LogP contribution in [0.5, 0.6) is 0 Å². The molecule has 0 atom stereocenters. The van der Waals surface area contributed by atoms with Crippen molar-refractivity contribution in [2.24, 2.45) is 4.99 Å². The van der Waals surface area contributed by atoms with Gasteiger partial charge in [-0.15, -0.1) is 0 Å². The van der Waals surface area contributed by atoms with Crippen LogP contribution < -0.4 is 10.6 Å². The topological polar surface area (TPSA) is 53.5 Å². The molecule has 1 heterocycles. The van der Waals surface area contributed by atoms with E-state index >= 15 is 0 Å². The maximum Gasteiger partial charge on any atom is 0.264 e. The zero-order valence-corrected chi connectivity index (χ0v) is 15.5. The summed E-state index contributed by atoms with van der Waals surface area (Å²) >= 11 is 9.87. The molecule has 0 radical (unpaired) electrons. The van der Waals surface area contributed by atoms with E-state index in [0.717, 1.165) is 15.7 Å². The normalized spacial score (nSPS) is 17.1. The lowest BCUT2D eigenvalue weighted by molar-refractivity contribution is -0.115. The third kappa shape index (κ3) is 4.53. The Hall–Kier alpha value is -1.96. The Bertz CT molecular complexity index is 833. The lowest BCUT2D eigenvalue weighted by atomic mass is 10.2. The highest BCUT2D eigenvalue weighted by Gasteiger charge is 2.24. The van der Waals surface area contributed by atoms with Crippen LogP contribution in [0.25, 0.3) is 6.08 Å². The maximum atomic E-state index is 12.0. The molecule has 0 saturated carbocycles. The molecule has 120 valence electrons. The molecule has 1 aliphatic heterocycles. The van der Waals surface area contributed by atoms with Crippen LogP contribution in [0.3, 0.4) is 0 Å². The molecule has 2 aromatic rings. The van der Waals surface area contributed by atoms with Gasteiger partial charge in [0.1, 0.15) is 0 Å². The average molecular weight is 418 g/mol. The van der Waals surface area contributed by atoms with Crippen molar-refractivity contribution in [1.82, 2.24) is 5.32 Å². The first kappa shape index (κ1) is 16.9. The van der Waals surface area contributed by atoms with Crippen molar-refractivity contribution in [2.75, 3.05) is 5.32 Å². The number of hydrogen-bond acceptors (Lipinski definition) is 3. The van der Waals surface area contributed by atoms with Crippen molar-refractivity contribution >= 4 is 67.9 Å². The Morgan fingerprint density at radius 2 is 1.88 bits per heavy atom. The number of benzene rings is 2. The molecule has 24 heavy (non-hydrogen) atoms. The van der Waals surface area contributed by atoms with Crippen LogP contribution in [-0.4, -0.2) is 16.2 Å². The Balaban J connectivity index is 1.68. The summed E-state index contributed by atoms with van der Waals surface area (Å²) in [5.74, 6) is -0.172. The van der Waals surface area contributed by atoms with Crippen LogP contribution in [0.4, 0.5) is 5.69 Å². The summed E-state index contributed by atoms with van der Waals surface area (Å²) in [6, 6.07) is 17.3. The van der Waals surface area contributed by atoms with Crippen LogP contribution in [0.1, 0.15) is 5.56 Å². The van der Waals surface area contributed by atoms with Gasteiger partial charge in [-0.1, -0.05) is 46.3 Å². The quantitative estimate of drug-likeness (QED) is 0.561. The number of halogens is 1. The zero-order valence-electron chi connectivity index (χ0n) is 12.3. The van der Waals surface area contributed by atoms with Gasteiger partial charge < -0.3 is 10.6 Å². The number of amidine groups is 1. The standard InChI is InChI=1S/C17H12BrN3OS2/c18-12-6-8-13(9-7-12)19-16(23)21-17-20-15(22)14(24-17)10-11-4-2-1-3-5-11/h1-10H,(H2,19,20,21,22,23)/b14-10+. The Morgan fingerprint density at radius 1 is 1.17 bits per heavy atom. The van der Waals surface area contributed by atoms with Gasteiger partial charge in [-0.05, 0) is 59.9 Å². The fourth-order valence-corrected chi connectivity index (χ4v) is 3.32. The summed E-state index contributed by atoms with van der Waals surface area (Å²) in [6.45, 7) is 0. The Kier molecular flexibility index (Phi) is 5.44. The molecule has 0 spiro atoms. The number of thioether (sulfide) groups is 1. The average Bonchev–Trinajstić information content (AvgIpc) is 2.90. The number of carbonyl (C=O) groups is 1. The number of aliphatic imine (C=N–C) groups is 1. The third-order valence-corrected chi connectivity index (χ3v) is 4.68. The van der Waals surface area contributed by atoms with Gasteiger partial charge in [0.15, 0.2) is 10.3 Å². The minimum atomic E-state index is -0.172. The van der Waals surface area contributed by atoms with Crippen molar-refractivity contribution in [2.45, 2.75) is 0 Å². The van der Waals surface area contributed by atoms with Gasteiger partial charge >= 0.3 is 0 Å². The predicted molar refractivity (Wildman–Crippen MR) is 108 cm³/mol. The molecular weight excluding hydrogens is 406 g/mol. The first-order chi connectivity index (χ1) is 11.6. The molecule has 1 amide bonds. The molecule has 3 rings (SSSR count). The van der Waals surface area contributed by atoms with Crippen molar-refractivity contribution < 1.29 is 4.79 Å². The number of rotatable bonds is 2. The highest BCUT2D eigenvalue weighted by molar-refractivity contribution is 9.10. The molecule has 0 bridgehead atoms. The second-order valence-electron chi connectivity index (χ2n) is 4.83. The lowest BCUT2D eigenvalue weighted by Crippen LogP contribution is -2.21. The second kappa shape index (κ2) is 7.74. The molecule has 4 nitrogen and oxygen atoms in total. The van der Waals surface area contributed by atoms with Gasteiger partial charge in [-0.25, -0.2) is 0 Å². The van der Waals surface area contributed by atoms with E-state index in [1.54, 1.807) is 0 Å². The van der Waals surface area contributed by atoms with E-state index in [9.17, 15) is 4.79 Å². The van der Waals surface area contributed by atoms with E-state index in [4.69, 9.17) is 12.2 Å². The van der Waals surface area contributed by atoms with E-state index in [0.29, 0.717) is 15.2 Å². The molecule has 1 saturated heterocycles. The van der Waals surface area contributed by atoms with Crippen LogP contribution in [-0.2, 0) is 4.79 Å². The summed E-state index contributed by atoms with van der Waals surface area (Å²) in [4.78, 5) is 16.9. The SMILES string of the molecule is O=C1N/C(=N\C(=S)Nc2ccc(Br)cc2)S/C1=C/c1ccccc1. The number of thiocarbonyl (C=S) groups is 1. The molecule has 1 fully saturated rings. The Morgan fingerprint density at radius 3 is 2.58 bits per heavy atom.